The third kappa shape index (κ3) is 4.40. The number of amides is 1. The summed E-state index contributed by atoms with van der Waals surface area (Å²) in [6, 6.07) is 5.46. The van der Waals surface area contributed by atoms with E-state index in [4.69, 9.17) is 14.7 Å². The zero-order valence-corrected chi connectivity index (χ0v) is 17.2. The zero-order valence-electron chi connectivity index (χ0n) is 17.2. The van der Waals surface area contributed by atoms with Crippen molar-refractivity contribution in [1.82, 2.24) is 4.90 Å². The van der Waals surface area contributed by atoms with Crippen molar-refractivity contribution in [2.24, 2.45) is 11.3 Å². The minimum absolute atomic E-state index is 0.0269. The third-order valence-corrected chi connectivity index (χ3v) is 6.23. The molecular formula is C21H26F3N3O3. The van der Waals surface area contributed by atoms with Crippen LogP contribution in [0, 0.1) is 22.7 Å². The molecule has 164 valence electrons. The Bertz CT molecular complexity index is 824. The van der Waals surface area contributed by atoms with Crippen molar-refractivity contribution in [3.05, 3.63) is 29.3 Å². The third-order valence-electron chi connectivity index (χ3n) is 6.23. The number of alkyl halides is 3. The standard InChI is InChI=1S/C21H26F3N3O3/c1-29-8-5-19(28)26-7-6-20(14-30-2)13-27(12-16(20)11-26)17-4-3-15(10-25)18(9-17)21(22,23)24/h3-4,9,16H,5-8,11-14H2,1-2H3. The van der Waals surface area contributed by atoms with Crippen molar-refractivity contribution in [2.45, 2.75) is 19.0 Å². The van der Waals surface area contributed by atoms with E-state index < -0.39 is 11.7 Å². The molecule has 1 aromatic rings. The molecule has 2 atom stereocenters. The molecule has 0 aliphatic carbocycles. The number of nitrogens with zero attached hydrogens (tertiary/aromatic N) is 3. The van der Waals surface area contributed by atoms with Gasteiger partial charge in [-0.1, -0.05) is 0 Å². The minimum atomic E-state index is -4.59. The Morgan fingerprint density at radius 3 is 2.70 bits per heavy atom. The Morgan fingerprint density at radius 2 is 2.07 bits per heavy atom. The average molecular weight is 425 g/mol. The molecule has 2 aliphatic rings. The predicted molar refractivity (Wildman–Crippen MR) is 104 cm³/mol. The van der Waals surface area contributed by atoms with Crippen LogP contribution in [-0.2, 0) is 20.4 Å². The van der Waals surface area contributed by atoms with Crippen molar-refractivity contribution in [3.63, 3.8) is 0 Å². The van der Waals surface area contributed by atoms with Gasteiger partial charge in [-0.2, -0.15) is 18.4 Å². The first kappa shape index (κ1) is 22.4. The highest BCUT2D eigenvalue weighted by Crippen LogP contribution is 2.45. The highest BCUT2D eigenvalue weighted by atomic mass is 19.4. The Kier molecular flexibility index (Phi) is 6.58. The monoisotopic (exact) mass is 425 g/mol. The average Bonchev–Trinajstić information content (AvgIpc) is 3.09. The van der Waals surface area contributed by atoms with Gasteiger partial charge in [-0.3, -0.25) is 4.79 Å². The van der Waals surface area contributed by atoms with Crippen LogP contribution < -0.4 is 4.90 Å². The van der Waals surface area contributed by atoms with Crippen LogP contribution in [0.1, 0.15) is 24.0 Å². The molecule has 2 unspecified atom stereocenters. The van der Waals surface area contributed by atoms with Gasteiger partial charge in [0.15, 0.2) is 0 Å². The number of likely N-dealkylation sites (tertiary alicyclic amines) is 1. The molecule has 2 saturated heterocycles. The van der Waals surface area contributed by atoms with Gasteiger partial charge in [0.1, 0.15) is 0 Å². The molecule has 6 nitrogen and oxygen atoms in total. The summed E-state index contributed by atoms with van der Waals surface area (Å²) in [7, 11) is 3.17. The number of hydrogen-bond acceptors (Lipinski definition) is 5. The van der Waals surface area contributed by atoms with E-state index in [1.165, 1.54) is 6.07 Å². The van der Waals surface area contributed by atoms with E-state index in [1.54, 1.807) is 26.4 Å². The second-order valence-electron chi connectivity index (χ2n) is 8.04. The Balaban J connectivity index is 1.83. The lowest BCUT2D eigenvalue weighted by Gasteiger charge is -2.43. The highest BCUT2D eigenvalue weighted by molar-refractivity contribution is 5.76. The molecule has 0 aromatic heterocycles. The number of carbonyl (C=O) groups excluding carboxylic acids is 1. The van der Waals surface area contributed by atoms with Gasteiger partial charge >= 0.3 is 6.18 Å². The molecule has 2 aliphatic heterocycles. The summed E-state index contributed by atoms with van der Waals surface area (Å²) in [5.41, 5.74) is -1.10. The number of carbonyl (C=O) groups is 1. The van der Waals surface area contributed by atoms with E-state index >= 15 is 0 Å². The fourth-order valence-electron chi connectivity index (χ4n) is 4.64. The van der Waals surface area contributed by atoms with Crippen LogP contribution in [0.15, 0.2) is 18.2 Å². The van der Waals surface area contributed by atoms with Crippen LogP contribution in [0.3, 0.4) is 0 Å². The first-order chi connectivity index (χ1) is 14.2. The lowest BCUT2D eigenvalue weighted by atomic mass is 9.73. The van der Waals surface area contributed by atoms with Gasteiger partial charge in [-0.05, 0) is 24.6 Å². The number of hydrogen-bond donors (Lipinski definition) is 0. The molecule has 0 N–H and O–H groups in total. The first-order valence-electron chi connectivity index (χ1n) is 9.86. The maximum absolute atomic E-state index is 13.4. The SMILES string of the molecule is COCCC(=O)N1CCC2(COC)CN(c3ccc(C#N)c(C(F)(F)F)c3)CC2C1. The molecule has 9 heteroatoms. The number of fused-ring (bicyclic) bond motifs is 1. The molecule has 2 heterocycles. The lowest BCUT2D eigenvalue weighted by molar-refractivity contribution is -0.138. The Labute approximate surface area is 174 Å². The lowest BCUT2D eigenvalue weighted by Crippen LogP contribution is -2.51. The second-order valence-corrected chi connectivity index (χ2v) is 8.04. The molecule has 2 fully saturated rings. The van der Waals surface area contributed by atoms with Crippen LogP contribution in [0.25, 0.3) is 0 Å². The maximum atomic E-state index is 13.4. The minimum Gasteiger partial charge on any atom is -0.384 e. The van der Waals surface area contributed by atoms with E-state index in [2.05, 4.69) is 0 Å². The Morgan fingerprint density at radius 1 is 1.30 bits per heavy atom. The van der Waals surface area contributed by atoms with Gasteiger partial charge < -0.3 is 19.3 Å². The maximum Gasteiger partial charge on any atom is 0.417 e. The second kappa shape index (κ2) is 8.82. The van der Waals surface area contributed by atoms with Crippen LogP contribution in [-0.4, -0.2) is 64.4 Å². The Hall–Kier alpha value is -2.31. The van der Waals surface area contributed by atoms with Gasteiger partial charge in [0.05, 0.1) is 36.8 Å². The number of piperidine rings is 1. The summed E-state index contributed by atoms with van der Waals surface area (Å²) >= 11 is 0. The molecule has 0 bridgehead atoms. The fourth-order valence-corrected chi connectivity index (χ4v) is 4.64. The van der Waals surface area contributed by atoms with Gasteiger partial charge in [0.25, 0.3) is 0 Å². The fraction of sp³-hybridized carbons (Fsp3) is 0.619. The normalized spacial score (nSPS) is 23.9. The van der Waals surface area contributed by atoms with Crippen molar-refractivity contribution in [3.8, 4) is 6.07 Å². The number of benzene rings is 1. The number of rotatable bonds is 6. The molecule has 0 spiro atoms. The van der Waals surface area contributed by atoms with Crippen molar-refractivity contribution in [2.75, 3.05) is 58.5 Å². The molecule has 0 radical (unpaired) electrons. The highest BCUT2D eigenvalue weighted by Gasteiger charge is 2.50. The smallest absolute Gasteiger partial charge is 0.384 e. The summed E-state index contributed by atoms with van der Waals surface area (Å²) in [6.07, 6.45) is -3.56. The van der Waals surface area contributed by atoms with Crippen LogP contribution in [0.2, 0.25) is 0 Å². The van der Waals surface area contributed by atoms with E-state index in [0.29, 0.717) is 51.5 Å². The van der Waals surface area contributed by atoms with Crippen LogP contribution in [0.5, 0.6) is 0 Å². The zero-order chi connectivity index (χ0) is 21.9. The number of halogens is 3. The molecular weight excluding hydrogens is 399 g/mol. The van der Waals surface area contributed by atoms with E-state index in [-0.39, 0.29) is 22.8 Å². The van der Waals surface area contributed by atoms with Crippen molar-refractivity contribution >= 4 is 11.6 Å². The van der Waals surface area contributed by atoms with E-state index in [9.17, 15) is 18.0 Å². The topological polar surface area (TPSA) is 65.8 Å². The summed E-state index contributed by atoms with van der Waals surface area (Å²) in [6.45, 7) is 3.06. The van der Waals surface area contributed by atoms with Gasteiger partial charge in [0.2, 0.25) is 5.91 Å². The predicted octanol–water partition coefficient (Wildman–Crippen LogP) is 2.91. The molecule has 0 saturated carbocycles. The quantitative estimate of drug-likeness (QED) is 0.701. The van der Waals surface area contributed by atoms with Gasteiger partial charge in [-0.15, -0.1) is 0 Å². The summed E-state index contributed by atoms with van der Waals surface area (Å²) < 4.78 is 50.6. The summed E-state index contributed by atoms with van der Waals surface area (Å²) in [4.78, 5) is 16.2. The van der Waals surface area contributed by atoms with Crippen molar-refractivity contribution in [1.29, 1.82) is 5.26 Å². The van der Waals surface area contributed by atoms with Crippen LogP contribution in [0.4, 0.5) is 18.9 Å². The number of methoxy groups -OCH3 is 2. The van der Waals surface area contributed by atoms with Crippen LogP contribution >= 0.6 is 0 Å². The number of anilines is 1. The van der Waals surface area contributed by atoms with Crippen molar-refractivity contribution < 1.29 is 27.4 Å². The van der Waals surface area contributed by atoms with Gasteiger partial charge in [-0.25, -0.2) is 0 Å². The number of ether oxygens (including phenoxy) is 2. The van der Waals surface area contributed by atoms with E-state index in [0.717, 1.165) is 12.5 Å². The molecule has 30 heavy (non-hydrogen) atoms. The van der Waals surface area contributed by atoms with Gasteiger partial charge in [0, 0.05) is 57.4 Å². The number of nitriles is 1. The summed E-state index contributed by atoms with van der Waals surface area (Å²) in [5, 5.41) is 9.03. The molecule has 1 aromatic carbocycles. The largest absolute Gasteiger partial charge is 0.417 e. The van der Waals surface area contributed by atoms with E-state index in [1.807, 2.05) is 9.80 Å². The summed E-state index contributed by atoms with van der Waals surface area (Å²) in [5.74, 6) is 0.113. The molecule has 1 amide bonds. The molecule has 3 rings (SSSR count). The first-order valence-corrected chi connectivity index (χ1v) is 9.86.